The molecular formula is C8H5AgO3-. The van der Waals surface area contributed by atoms with E-state index in [-0.39, 0.29) is 0 Å². The van der Waals surface area contributed by atoms with Crippen LogP contribution in [-0.2, 0) is 29.1 Å². The van der Waals surface area contributed by atoms with Gasteiger partial charge in [0.2, 0.25) is 0 Å². The van der Waals surface area contributed by atoms with Crippen molar-refractivity contribution in [1.82, 2.24) is 0 Å². The second kappa shape index (κ2) is 6.79. The molecule has 0 heterocycles. The molecule has 0 amide bonds. The number of aldehydes is 1. The third-order valence-electron chi connectivity index (χ3n) is 1.16. The zero-order chi connectivity index (χ0) is 9.40. The molecule has 3 nitrogen and oxygen atoms in total. The van der Waals surface area contributed by atoms with Crippen LogP contribution in [0.5, 0.6) is 0 Å². The van der Waals surface area contributed by atoms with Crippen LogP contribution in [0.2, 0.25) is 0 Å². The van der Waals surface area contributed by atoms with Crippen molar-refractivity contribution in [3.05, 3.63) is 35.4 Å². The molecule has 0 unspecified atom stereocenters. The number of hydrogen-bond acceptors (Lipinski definition) is 3. The number of carbonyl (C=O) groups is 1. The van der Waals surface area contributed by atoms with E-state index >= 15 is 0 Å². The average molecular weight is 257 g/mol. The van der Waals surface area contributed by atoms with E-state index in [1.165, 1.54) is 0 Å². The van der Waals surface area contributed by atoms with Gasteiger partial charge in [-0.2, -0.15) is 17.7 Å². The zero-order valence-electron chi connectivity index (χ0n) is 5.91. The average Bonchev–Trinajstić information content (AvgIpc) is 2.21. The first-order chi connectivity index (χ1) is 5.86. The van der Waals surface area contributed by atoms with Crippen LogP contribution in [0.4, 0.5) is 0 Å². The van der Waals surface area contributed by atoms with Crippen LogP contribution in [0.15, 0.2) is 24.3 Å². The van der Waals surface area contributed by atoms with Crippen LogP contribution >= 0.6 is 0 Å². The van der Waals surface area contributed by atoms with Gasteiger partial charge in [-0.3, -0.25) is 4.79 Å². The van der Waals surface area contributed by atoms with Crippen LogP contribution in [0, 0.1) is 0 Å². The summed E-state index contributed by atoms with van der Waals surface area (Å²) in [5.74, 6) is 0. The molecule has 67 valence electrons. The van der Waals surface area contributed by atoms with Gasteiger partial charge in [0.15, 0.2) is 0 Å². The third kappa shape index (κ3) is 3.48. The SMILES string of the molecule is O=[C-]c1ccc(C=O)cc1.[O]=[Ag]. The maximum atomic E-state index is 10.1. The molecular weight excluding hydrogens is 252 g/mol. The van der Waals surface area contributed by atoms with Crippen molar-refractivity contribution < 1.29 is 33.9 Å². The normalized spacial score (nSPS) is 7.83. The van der Waals surface area contributed by atoms with Crippen molar-refractivity contribution in [2.24, 2.45) is 0 Å². The van der Waals surface area contributed by atoms with E-state index < -0.39 is 0 Å². The molecule has 0 saturated heterocycles. The van der Waals surface area contributed by atoms with Crippen LogP contribution in [0.1, 0.15) is 15.9 Å². The van der Waals surface area contributed by atoms with Gasteiger partial charge in [0.1, 0.15) is 6.29 Å². The fourth-order valence-corrected chi connectivity index (χ4v) is 0.630. The number of benzene rings is 1. The van der Waals surface area contributed by atoms with Crippen LogP contribution in [0.25, 0.3) is 0 Å². The van der Waals surface area contributed by atoms with Gasteiger partial charge in [-0.25, -0.2) is 0 Å². The molecule has 0 spiro atoms. The Kier molecular flexibility index (Phi) is 6.28. The van der Waals surface area contributed by atoms with Crippen molar-refractivity contribution >= 4 is 12.6 Å². The maximum absolute atomic E-state index is 10.1. The van der Waals surface area contributed by atoms with E-state index in [0.717, 1.165) is 6.29 Å². The summed E-state index contributed by atoms with van der Waals surface area (Å²) in [6.07, 6.45) is 2.44. The van der Waals surface area contributed by atoms with Crippen molar-refractivity contribution in [1.29, 1.82) is 0 Å². The summed E-state index contributed by atoms with van der Waals surface area (Å²) in [6, 6.07) is 6.26. The van der Waals surface area contributed by atoms with Gasteiger partial charge in [-0.05, 0) is 5.56 Å². The molecule has 0 aliphatic carbocycles. The molecule has 0 radical (unpaired) electrons. The zero-order valence-corrected chi connectivity index (χ0v) is 7.40. The van der Waals surface area contributed by atoms with Crippen LogP contribution in [0.3, 0.4) is 0 Å². The second-order valence-corrected chi connectivity index (χ2v) is 1.84. The Morgan fingerprint density at radius 3 is 2.00 bits per heavy atom. The van der Waals surface area contributed by atoms with E-state index in [9.17, 15) is 9.59 Å². The van der Waals surface area contributed by atoms with Gasteiger partial charge < -0.3 is 4.79 Å². The standard InChI is InChI=1S/C8H5O2.Ag.O/c9-5-7-1-2-8(6-10)4-3-7;;/h1-5H;;/q-1;;. The molecule has 0 aliphatic heterocycles. The van der Waals surface area contributed by atoms with Gasteiger partial charge in [0.25, 0.3) is 0 Å². The van der Waals surface area contributed by atoms with E-state index in [0.29, 0.717) is 11.1 Å². The minimum absolute atomic E-state index is 0.464. The van der Waals surface area contributed by atoms with Crippen molar-refractivity contribution in [3.8, 4) is 0 Å². The predicted octanol–water partition coefficient (Wildman–Crippen LogP) is 0.836. The Bertz CT molecular complexity index is 229. The Morgan fingerprint density at radius 2 is 1.67 bits per heavy atom. The fraction of sp³-hybridized carbons (Fsp3) is 0. The molecule has 0 saturated carbocycles. The Hall–Kier alpha value is -0.900. The quantitative estimate of drug-likeness (QED) is 0.448. The molecule has 1 aromatic rings. The summed E-state index contributed by atoms with van der Waals surface area (Å²) < 4.78 is 8.06. The van der Waals surface area contributed by atoms with Gasteiger partial charge >= 0.3 is 24.3 Å². The molecule has 0 bridgehead atoms. The van der Waals surface area contributed by atoms with Gasteiger partial charge in [-0.15, -0.1) is 12.1 Å². The van der Waals surface area contributed by atoms with Gasteiger partial charge in [0, 0.05) is 0 Å². The van der Waals surface area contributed by atoms with E-state index in [4.69, 9.17) is 3.25 Å². The van der Waals surface area contributed by atoms with Gasteiger partial charge in [-0.1, -0.05) is 0 Å². The first-order valence-corrected chi connectivity index (χ1v) is 3.53. The van der Waals surface area contributed by atoms with Crippen LogP contribution in [-0.4, -0.2) is 12.6 Å². The van der Waals surface area contributed by atoms with Crippen molar-refractivity contribution in [3.63, 3.8) is 0 Å². The van der Waals surface area contributed by atoms with Crippen molar-refractivity contribution in [2.75, 3.05) is 0 Å². The van der Waals surface area contributed by atoms with E-state index in [1.807, 2.05) is 0 Å². The summed E-state index contributed by atoms with van der Waals surface area (Å²) in [4.78, 5) is 20.1. The topological polar surface area (TPSA) is 51.2 Å². The molecule has 4 heteroatoms. The summed E-state index contributed by atoms with van der Waals surface area (Å²) in [7, 11) is 0. The van der Waals surface area contributed by atoms with E-state index in [1.54, 1.807) is 51.6 Å². The summed E-state index contributed by atoms with van der Waals surface area (Å²) in [5.41, 5.74) is 1.03. The number of hydrogen-bond donors (Lipinski definition) is 0. The Morgan fingerprint density at radius 1 is 1.17 bits per heavy atom. The Balaban J connectivity index is 0.000000561. The summed E-state index contributed by atoms with van der Waals surface area (Å²) in [5, 5.41) is 0. The summed E-state index contributed by atoms with van der Waals surface area (Å²) in [6.45, 7) is 0. The van der Waals surface area contributed by atoms with Crippen molar-refractivity contribution in [2.45, 2.75) is 0 Å². The second-order valence-electron chi connectivity index (χ2n) is 1.84. The molecule has 0 aliphatic rings. The molecule has 0 N–H and O–H groups in total. The fourth-order valence-electron chi connectivity index (χ4n) is 0.630. The molecule has 0 fully saturated rings. The number of rotatable bonds is 2. The van der Waals surface area contributed by atoms with Crippen LogP contribution < -0.4 is 0 Å². The predicted molar refractivity (Wildman–Crippen MR) is 37.3 cm³/mol. The summed E-state index contributed by atoms with van der Waals surface area (Å²) >= 11 is 1.70. The first kappa shape index (κ1) is 11.1. The van der Waals surface area contributed by atoms with E-state index in [2.05, 4.69) is 0 Å². The first-order valence-electron chi connectivity index (χ1n) is 2.92. The monoisotopic (exact) mass is 256 g/mol. The Labute approximate surface area is 82.0 Å². The molecule has 0 atom stereocenters. The minimum atomic E-state index is 0.464. The third-order valence-corrected chi connectivity index (χ3v) is 1.16. The molecule has 1 rings (SSSR count). The van der Waals surface area contributed by atoms with Gasteiger partial charge in [0.05, 0.1) is 6.29 Å². The molecule has 12 heavy (non-hydrogen) atoms. The number of carbonyl (C=O) groups excluding carboxylic acids is 2. The molecule has 1 aromatic carbocycles. The molecule has 0 aromatic heterocycles.